The smallest absolute Gasteiger partial charge is 0.235 e. The Balaban J connectivity index is 1.97. The number of carbonyl (C=O) groups is 1. The highest BCUT2D eigenvalue weighted by Crippen LogP contribution is 2.36. The zero-order valence-electron chi connectivity index (χ0n) is 13.6. The molecule has 1 aromatic carbocycles. The molecule has 116 valence electrons. The zero-order chi connectivity index (χ0) is 15.9. The van der Waals surface area contributed by atoms with Gasteiger partial charge in [-0.15, -0.1) is 0 Å². The maximum atomic E-state index is 12.5. The molecule has 2 unspecified atom stereocenters. The summed E-state index contributed by atoms with van der Waals surface area (Å²) < 4.78 is 6.14. The molecule has 3 rings (SSSR count). The van der Waals surface area contributed by atoms with Crippen molar-refractivity contribution in [2.24, 2.45) is 11.8 Å². The molecule has 0 radical (unpaired) electrons. The van der Waals surface area contributed by atoms with Crippen LogP contribution in [-0.4, -0.2) is 12.0 Å². The second-order valence-corrected chi connectivity index (χ2v) is 6.69. The van der Waals surface area contributed by atoms with Crippen LogP contribution in [0.2, 0.25) is 0 Å². The van der Waals surface area contributed by atoms with E-state index in [1.165, 1.54) is 11.1 Å². The molecular weight excluding hydrogens is 274 g/mol. The first-order valence-corrected chi connectivity index (χ1v) is 7.97. The van der Waals surface area contributed by atoms with Gasteiger partial charge in [0.1, 0.15) is 11.9 Å². The third-order valence-electron chi connectivity index (χ3n) is 4.37. The molecule has 1 aromatic rings. The number of benzene rings is 1. The number of allylic oxidation sites excluding steroid dienone is 2. The summed E-state index contributed by atoms with van der Waals surface area (Å²) in [4.78, 5) is 12.5. The van der Waals surface area contributed by atoms with Crippen LogP contribution in [0.3, 0.4) is 0 Å². The van der Waals surface area contributed by atoms with Crippen molar-refractivity contribution in [3.8, 4) is 5.75 Å². The van der Waals surface area contributed by atoms with Crippen LogP contribution in [0.5, 0.6) is 5.75 Å². The summed E-state index contributed by atoms with van der Waals surface area (Å²) >= 11 is 0. The van der Waals surface area contributed by atoms with E-state index in [4.69, 9.17) is 4.74 Å². The monoisotopic (exact) mass is 297 g/mol. The summed E-state index contributed by atoms with van der Waals surface area (Å²) in [5.74, 6) is 1.33. The van der Waals surface area contributed by atoms with Crippen molar-refractivity contribution in [1.29, 1.82) is 0 Å². The highest BCUT2D eigenvalue weighted by molar-refractivity contribution is 5.96. The maximum absolute atomic E-state index is 12.5. The standard InChI is InChI=1S/C19H23NO2/c1-11(2)13-6-8-17-16(9-13)20-19(21)15-7-5-14(12(3)4)10-18(15)22-17/h5-12,15,18H,1-4H3,(H,20,21). The molecule has 3 heteroatoms. The molecule has 22 heavy (non-hydrogen) atoms. The molecule has 0 bridgehead atoms. The normalized spacial score (nSPS) is 23.4. The van der Waals surface area contributed by atoms with Crippen molar-refractivity contribution in [2.45, 2.75) is 39.7 Å². The molecule has 0 spiro atoms. The van der Waals surface area contributed by atoms with Gasteiger partial charge in [-0.1, -0.05) is 45.9 Å². The van der Waals surface area contributed by atoms with Crippen molar-refractivity contribution in [3.05, 3.63) is 47.6 Å². The van der Waals surface area contributed by atoms with Crippen LogP contribution in [0.4, 0.5) is 5.69 Å². The van der Waals surface area contributed by atoms with Gasteiger partial charge in [0, 0.05) is 0 Å². The average Bonchev–Trinajstić information content (AvgIpc) is 2.61. The SMILES string of the molecule is CC(C)C1=CC2Oc3ccc(C(C)C)cc3NC(=O)C2C=C1. The van der Waals surface area contributed by atoms with Gasteiger partial charge in [0.2, 0.25) is 5.91 Å². The average molecular weight is 297 g/mol. The number of fused-ring (bicyclic) bond motifs is 2. The van der Waals surface area contributed by atoms with E-state index in [1.54, 1.807) is 0 Å². The molecule has 0 aromatic heterocycles. The third kappa shape index (κ3) is 2.68. The first-order chi connectivity index (χ1) is 10.5. The molecule has 3 nitrogen and oxygen atoms in total. The molecule has 0 saturated heterocycles. The fourth-order valence-corrected chi connectivity index (χ4v) is 2.87. The Morgan fingerprint density at radius 2 is 1.91 bits per heavy atom. The predicted molar refractivity (Wildman–Crippen MR) is 89.1 cm³/mol. The summed E-state index contributed by atoms with van der Waals surface area (Å²) in [6.07, 6.45) is 5.86. The van der Waals surface area contributed by atoms with E-state index in [-0.39, 0.29) is 17.9 Å². The zero-order valence-corrected chi connectivity index (χ0v) is 13.6. The molecule has 1 aliphatic heterocycles. The molecule has 1 N–H and O–H groups in total. The number of rotatable bonds is 2. The van der Waals surface area contributed by atoms with E-state index in [2.05, 4.69) is 45.2 Å². The Morgan fingerprint density at radius 1 is 1.14 bits per heavy atom. The first-order valence-electron chi connectivity index (χ1n) is 7.97. The largest absolute Gasteiger partial charge is 0.483 e. The van der Waals surface area contributed by atoms with Crippen molar-refractivity contribution >= 4 is 11.6 Å². The van der Waals surface area contributed by atoms with Gasteiger partial charge in [-0.2, -0.15) is 0 Å². The lowest BCUT2D eigenvalue weighted by Gasteiger charge is -2.24. The summed E-state index contributed by atoms with van der Waals surface area (Å²) in [5, 5.41) is 3.02. The summed E-state index contributed by atoms with van der Waals surface area (Å²) in [6, 6.07) is 6.06. The highest BCUT2D eigenvalue weighted by Gasteiger charge is 2.33. The second-order valence-electron chi connectivity index (χ2n) is 6.69. The van der Waals surface area contributed by atoms with E-state index in [9.17, 15) is 4.79 Å². The quantitative estimate of drug-likeness (QED) is 0.885. The lowest BCUT2D eigenvalue weighted by atomic mass is 9.89. The fraction of sp³-hybridized carbons (Fsp3) is 0.421. The second kappa shape index (κ2) is 5.64. The Hall–Kier alpha value is -2.03. The summed E-state index contributed by atoms with van der Waals surface area (Å²) in [6.45, 7) is 8.58. The van der Waals surface area contributed by atoms with Gasteiger partial charge in [0.25, 0.3) is 0 Å². The highest BCUT2D eigenvalue weighted by atomic mass is 16.5. The van der Waals surface area contributed by atoms with E-state index in [1.807, 2.05) is 24.3 Å². The van der Waals surface area contributed by atoms with Crippen molar-refractivity contribution in [1.82, 2.24) is 0 Å². The first kappa shape index (κ1) is 14.9. The molecule has 2 aliphatic rings. The minimum Gasteiger partial charge on any atom is -0.483 e. The van der Waals surface area contributed by atoms with Gasteiger partial charge in [0.05, 0.1) is 11.6 Å². The van der Waals surface area contributed by atoms with Gasteiger partial charge in [-0.05, 0) is 41.2 Å². The summed E-state index contributed by atoms with van der Waals surface area (Å²) in [7, 11) is 0. The topological polar surface area (TPSA) is 38.3 Å². The van der Waals surface area contributed by atoms with Gasteiger partial charge in [0.15, 0.2) is 0 Å². The van der Waals surface area contributed by atoms with E-state index in [0.717, 1.165) is 11.4 Å². The number of carbonyl (C=O) groups excluding carboxylic acids is 1. The van der Waals surface area contributed by atoms with Crippen molar-refractivity contribution < 1.29 is 9.53 Å². The number of hydrogen-bond donors (Lipinski definition) is 1. The number of nitrogens with one attached hydrogen (secondary N) is 1. The van der Waals surface area contributed by atoms with Crippen molar-refractivity contribution in [3.63, 3.8) is 0 Å². The molecule has 1 amide bonds. The van der Waals surface area contributed by atoms with Gasteiger partial charge in [-0.3, -0.25) is 4.79 Å². The molecule has 1 aliphatic carbocycles. The predicted octanol–water partition coefficient (Wildman–Crippen LogP) is 4.28. The van der Waals surface area contributed by atoms with Crippen LogP contribution in [0.25, 0.3) is 0 Å². The Morgan fingerprint density at radius 3 is 2.59 bits per heavy atom. The van der Waals surface area contributed by atoms with Gasteiger partial charge >= 0.3 is 0 Å². The third-order valence-corrected chi connectivity index (χ3v) is 4.37. The van der Waals surface area contributed by atoms with Crippen LogP contribution in [-0.2, 0) is 4.79 Å². The number of hydrogen-bond acceptors (Lipinski definition) is 2. The van der Waals surface area contributed by atoms with Crippen LogP contribution in [0.15, 0.2) is 42.0 Å². The number of anilines is 1. The van der Waals surface area contributed by atoms with Crippen molar-refractivity contribution in [2.75, 3.05) is 5.32 Å². The summed E-state index contributed by atoms with van der Waals surface area (Å²) in [5.41, 5.74) is 3.19. The fourth-order valence-electron chi connectivity index (χ4n) is 2.87. The Bertz CT molecular complexity index is 655. The van der Waals surface area contributed by atoms with Crippen LogP contribution >= 0.6 is 0 Å². The number of ether oxygens (including phenoxy) is 1. The van der Waals surface area contributed by atoms with Crippen LogP contribution in [0.1, 0.15) is 39.2 Å². The lowest BCUT2D eigenvalue weighted by Crippen LogP contribution is -2.33. The molecule has 1 heterocycles. The van der Waals surface area contributed by atoms with Gasteiger partial charge in [-0.25, -0.2) is 0 Å². The van der Waals surface area contributed by atoms with Crippen LogP contribution in [0, 0.1) is 11.8 Å². The molecule has 0 saturated carbocycles. The van der Waals surface area contributed by atoms with E-state index in [0.29, 0.717) is 11.8 Å². The Kier molecular flexibility index (Phi) is 3.81. The minimum absolute atomic E-state index is 0.0000350. The molecule has 0 fully saturated rings. The van der Waals surface area contributed by atoms with Crippen LogP contribution < -0.4 is 10.1 Å². The van der Waals surface area contributed by atoms with E-state index >= 15 is 0 Å². The Labute approximate surface area is 132 Å². The molecular formula is C19H23NO2. The number of amides is 1. The minimum atomic E-state index is -0.266. The molecule has 2 atom stereocenters. The lowest BCUT2D eigenvalue weighted by molar-refractivity contribution is -0.119. The maximum Gasteiger partial charge on any atom is 0.235 e. The van der Waals surface area contributed by atoms with E-state index < -0.39 is 0 Å². The van der Waals surface area contributed by atoms with Gasteiger partial charge < -0.3 is 10.1 Å².